The van der Waals surface area contributed by atoms with Crippen LogP contribution < -0.4 is 10.1 Å². The number of carbonyl (C=O) groups excluding carboxylic acids is 1. The number of furan rings is 1. The molecule has 0 aliphatic heterocycles. The smallest absolute Gasteiger partial charge is 0.291 e. The topological polar surface area (TPSA) is 85.6 Å². The maximum atomic E-state index is 12.9. The van der Waals surface area contributed by atoms with Crippen molar-refractivity contribution in [2.24, 2.45) is 0 Å². The zero-order chi connectivity index (χ0) is 23.3. The number of hydrogen-bond donors (Lipinski definition) is 1. The molecule has 0 atom stereocenters. The molecule has 1 heterocycles. The molecular weight excluding hydrogens is 438 g/mol. The van der Waals surface area contributed by atoms with Gasteiger partial charge in [-0.3, -0.25) is 4.79 Å². The van der Waals surface area contributed by atoms with Crippen LogP contribution in [0.4, 0.5) is 5.69 Å². The van der Waals surface area contributed by atoms with Crippen LogP contribution in [-0.4, -0.2) is 21.4 Å². The molecule has 4 rings (SSSR count). The zero-order valence-electron chi connectivity index (χ0n) is 18.0. The summed E-state index contributed by atoms with van der Waals surface area (Å²) in [6, 6.07) is 24.9. The van der Waals surface area contributed by atoms with Crippen LogP contribution >= 0.6 is 0 Å². The lowest BCUT2D eigenvalue weighted by Crippen LogP contribution is -2.15. The molecule has 0 fully saturated rings. The largest absolute Gasteiger partial charge is 0.496 e. The Morgan fingerprint density at radius 2 is 1.61 bits per heavy atom. The second-order valence-corrected chi connectivity index (χ2v) is 9.48. The van der Waals surface area contributed by atoms with Crippen molar-refractivity contribution in [3.8, 4) is 5.75 Å². The van der Waals surface area contributed by atoms with Crippen LogP contribution in [0.3, 0.4) is 0 Å². The number of methoxy groups -OCH3 is 1. The van der Waals surface area contributed by atoms with Gasteiger partial charge in [0.1, 0.15) is 5.75 Å². The van der Waals surface area contributed by atoms with Crippen LogP contribution in [0, 0.1) is 0 Å². The van der Waals surface area contributed by atoms with E-state index >= 15 is 0 Å². The van der Waals surface area contributed by atoms with Crippen molar-refractivity contribution >= 4 is 21.4 Å². The highest BCUT2D eigenvalue weighted by Crippen LogP contribution is 2.26. The van der Waals surface area contributed by atoms with E-state index in [-0.39, 0.29) is 16.4 Å². The monoisotopic (exact) mass is 461 g/mol. The minimum atomic E-state index is -3.62. The van der Waals surface area contributed by atoms with E-state index in [1.807, 2.05) is 36.4 Å². The van der Waals surface area contributed by atoms with E-state index < -0.39 is 15.7 Å². The number of anilines is 1. The predicted octanol–water partition coefficient (Wildman–Crippen LogP) is 5.11. The fraction of sp³-hybridized carbons (Fsp3) is 0.115. The van der Waals surface area contributed by atoms with Gasteiger partial charge in [-0.15, -0.1) is 0 Å². The molecule has 1 amide bonds. The van der Waals surface area contributed by atoms with Gasteiger partial charge in [0.05, 0.1) is 24.0 Å². The first kappa shape index (κ1) is 22.4. The van der Waals surface area contributed by atoms with Gasteiger partial charge in [-0.2, -0.15) is 0 Å². The Hall–Kier alpha value is -3.84. The average Bonchev–Trinajstić information content (AvgIpc) is 3.28. The van der Waals surface area contributed by atoms with Gasteiger partial charge in [0, 0.05) is 23.2 Å². The number of rotatable bonds is 8. The van der Waals surface area contributed by atoms with Gasteiger partial charge in [0.2, 0.25) is 0 Å². The summed E-state index contributed by atoms with van der Waals surface area (Å²) in [4.78, 5) is 13.1. The Labute approximate surface area is 192 Å². The first-order valence-electron chi connectivity index (χ1n) is 10.3. The minimum Gasteiger partial charge on any atom is -0.496 e. The fourth-order valence-corrected chi connectivity index (χ4v) is 4.94. The second-order valence-electron chi connectivity index (χ2n) is 7.49. The Balaban J connectivity index is 1.54. The molecule has 3 aromatic carbocycles. The lowest BCUT2D eigenvalue weighted by atomic mass is 10.0. The van der Waals surface area contributed by atoms with Crippen molar-refractivity contribution in [2.75, 3.05) is 12.4 Å². The second kappa shape index (κ2) is 9.75. The van der Waals surface area contributed by atoms with Crippen molar-refractivity contribution < 1.29 is 22.4 Å². The highest BCUT2D eigenvalue weighted by atomic mass is 32.2. The third-order valence-corrected chi connectivity index (χ3v) is 6.86. The molecule has 1 N–H and O–H groups in total. The average molecular weight is 462 g/mol. The van der Waals surface area contributed by atoms with Crippen molar-refractivity contribution in [1.29, 1.82) is 0 Å². The Bertz CT molecular complexity index is 1350. The first-order valence-corrected chi connectivity index (χ1v) is 12.0. The lowest BCUT2D eigenvalue weighted by molar-refractivity contribution is 0.0995. The highest BCUT2D eigenvalue weighted by Gasteiger charge is 2.22. The number of carbonyl (C=O) groups is 1. The van der Waals surface area contributed by atoms with Crippen molar-refractivity contribution in [3.63, 3.8) is 0 Å². The van der Waals surface area contributed by atoms with Crippen LogP contribution in [0.2, 0.25) is 0 Å². The molecule has 0 spiro atoms. The maximum Gasteiger partial charge on any atom is 0.291 e. The SMILES string of the molecule is COc1ccc(NC(=O)c2occc2CS(=O)(=O)c2ccccc2)cc1Cc1ccccc1. The summed E-state index contributed by atoms with van der Waals surface area (Å²) in [5.41, 5.74) is 2.88. The lowest BCUT2D eigenvalue weighted by Gasteiger charge is -2.12. The summed E-state index contributed by atoms with van der Waals surface area (Å²) in [5.74, 6) is -0.175. The van der Waals surface area contributed by atoms with E-state index in [4.69, 9.17) is 9.15 Å². The predicted molar refractivity (Wildman–Crippen MR) is 126 cm³/mol. The zero-order valence-corrected chi connectivity index (χ0v) is 18.8. The summed E-state index contributed by atoms with van der Waals surface area (Å²) in [6.07, 6.45) is 1.95. The van der Waals surface area contributed by atoms with E-state index in [1.54, 1.807) is 37.4 Å². The molecule has 0 unspecified atom stereocenters. The summed E-state index contributed by atoms with van der Waals surface area (Å²) in [5, 5.41) is 2.80. The molecule has 0 radical (unpaired) electrons. The normalized spacial score (nSPS) is 11.2. The van der Waals surface area contributed by atoms with Crippen molar-refractivity contribution in [2.45, 2.75) is 17.1 Å². The molecule has 0 bridgehead atoms. The highest BCUT2D eigenvalue weighted by molar-refractivity contribution is 7.90. The molecule has 33 heavy (non-hydrogen) atoms. The van der Waals surface area contributed by atoms with Gasteiger partial charge in [0.15, 0.2) is 15.6 Å². The number of amides is 1. The van der Waals surface area contributed by atoms with Crippen LogP contribution in [0.15, 0.2) is 101 Å². The molecule has 168 valence electrons. The summed E-state index contributed by atoms with van der Waals surface area (Å²) >= 11 is 0. The van der Waals surface area contributed by atoms with Crippen LogP contribution in [0.5, 0.6) is 5.75 Å². The summed E-state index contributed by atoms with van der Waals surface area (Å²) in [7, 11) is -2.02. The van der Waals surface area contributed by atoms with Gasteiger partial charge < -0.3 is 14.5 Å². The van der Waals surface area contributed by atoms with E-state index in [9.17, 15) is 13.2 Å². The summed E-state index contributed by atoms with van der Waals surface area (Å²) < 4.78 is 36.3. The van der Waals surface area contributed by atoms with Gasteiger partial charge in [0.25, 0.3) is 5.91 Å². The molecule has 0 aliphatic carbocycles. The van der Waals surface area contributed by atoms with Gasteiger partial charge >= 0.3 is 0 Å². The number of sulfone groups is 1. The molecule has 0 aliphatic rings. The fourth-order valence-electron chi connectivity index (χ4n) is 3.56. The molecular formula is C26H23NO5S. The van der Waals surface area contributed by atoms with Gasteiger partial charge in [-0.05, 0) is 42.0 Å². The molecule has 6 nitrogen and oxygen atoms in total. The molecule has 7 heteroatoms. The van der Waals surface area contributed by atoms with Crippen LogP contribution in [0.25, 0.3) is 0 Å². The third-order valence-electron chi connectivity index (χ3n) is 5.18. The summed E-state index contributed by atoms with van der Waals surface area (Å²) in [6.45, 7) is 0. The van der Waals surface area contributed by atoms with E-state index in [2.05, 4.69) is 5.32 Å². The van der Waals surface area contributed by atoms with E-state index in [0.29, 0.717) is 23.4 Å². The first-order chi connectivity index (χ1) is 16.0. The third kappa shape index (κ3) is 5.32. The van der Waals surface area contributed by atoms with Gasteiger partial charge in [-0.1, -0.05) is 48.5 Å². The Morgan fingerprint density at radius 1 is 0.909 bits per heavy atom. The van der Waals surface area contributed by atoms with Crippen LogP contribution in [0.1, 0.15) is 27.2 Å². The molecule has 1 aromatic heterocycles. The standard InChI is InChI=1S/C26H23NO5S/c1-31-24-13-12-22(17-21(24)16-19-8-4-2-5-9-19)27-26(28)25-20(14-15-32-25)18-33(29,30)23-10-6-3-7-11-23/h2-15,17H,16,18H2,1H3,(H,27,28). The van der Waals surface area contributed by atoms with E-state index in [1.165, 1.54) is 24.5 Å². The Kier molecular flexibility index (Phi) is 6.60. The molecule has 0 saturated carbocycles. The van der Waals surface area contributed by atoms with Crippen molar-refractivity contribution in [1.82, 2.24) is 0 Å². The van der Waals surface area contributed by atoms with Crippen LogP contribution in [-0.2, 0) is 22.0 Å². The number of ether oxygens (including phenoxy) is 1. The number of benzene rings is 3. The maximum absolute atomic E-state index is 12.9. The van der Waals surface area contributed by atoms with E-state index in [0.717, 1.165) is 11.1 Å². The van der Waals surface area contributed by atoms with Crippen molar-refractivity contribution in [3.05, 3.63) is 114 Å². The minimum absolute atomic E-state index is 0.0325. The quantitative estimate of drug-likeness (QED) is 0.394. The molecule has 0 saturated heterocycles. The number of nitrogens with one attached hydrogen (secondary N) is 1. The Morgan fingerprint density at radius 3 is 2.30 bits per heavy atom. The van der Waals surface area contributed by atoms with Gasteiger partial charge in [-0.25, -0.2) is 8.42 Å². The number of hydrogen-bond acceptors (Lipinski definition) is 5. The molecule has 4 aromatic rings.